The van der Waals surface area contributed by atoms with Crippen molar-refractivity contribution < 1.29 is 18.7 Å². The van der Waals surface area contributed by atoms with Crippen molar-refractivity contribution in [2.45, 2.75) is 6.92 Å². The van der Waals surface area contributed by atoms with Crippen LogP contribution in [0, 0.1) is 12.7 Å². The number of hydrogen-bond donors (Lipinski definition) is 4. The monoisotopic (exact) mass is 334 g/mol. The van der Waals surface area contributed by atoms with Crippen molar-refractivity contribution in [3.63, 3.8) is 0 Å². The van der Waals surface area contributed by atoms with Crippen molar-refractivity contribution in [2.75, 3.05) is 23.6 Å². The van der Waals surface area contributed by atoms with E-state index in [0.29, 0.717) is 0 Å². The number of hydrogen-bond acceptors (Lipinski definition) is 8. The Morgan fingerprint density at radius 1 is 1.25 bits per heavy atom. The SMILES string of the molecule is COC(=O)c1cc(F)c(C)cc1NC(=O)c1cc(N)c(NN)nn1. The van der Waals surface area contributed by atoms with Crippen molar-refractivity contribution in [2.24, 2.45) is 5.84 Å². The van der Waals surface area contributed by atoms with Crippen LogP contribution in [-0.4, -0.2) is 29.2 Å². The lowest BCUT2D eigenvalue weighted by atomic mass is 10.1. The summed E-state index contributed by atoms with van der Waals surface area (Å²) in [6, 6.07) is 3.55. The molecule has 0 bridgehead atoms. The van der Waals surface area contributed by atoms with Crippen molar-refractivity contribution in [3.05, 3.63) is 40.8 Å². The van der Waals surface area contributed by atoms with E-state index in [-0.39, 0.29) is 34.0 Å². The minimum absolute atomic E-state index is 0.0761. The zero-order chi connectivity index (χ0) is 17.9. The molecule has 1 aromatic heterocycles. The number of hydrazine groups is 1. The fourth-order valence-corrected chi connectivity index (χ4v) is 1.88. The molecule has 0 fully saturated rings. The van der Waals surface area contributed by atoms with Crippen molar-refractivity contribution in [1.82, 2.24) is 10.2 Å². The highest BCUT2D eigenvalue weighted by atomic mass is 19.1. The first kappa shape index (κ1) is 17.1. The molecule has 0 atom stereocenters. The first-order valence-electron chi connectivity index (χ1n) is 6.67. The molecule has 2 aromatic rings. The van der Waals surface area contributed by atoms with E-state index < -0.39 is 17.7 Å². The van der Waals surface area contributed by atoms with E-state index in [1.54, 1.807) is 0 Å². The summed E-state index contributed by atoms with van der Waals surface area (Å²) in [4.78, 5) is 24.0. The molecule has 0 unspecified atom stereocenters. The molecule has 6 N–H and O–H groups in total. The quantitative estimate of drug-likeness (QED) is 0.365. The highest BCUT2D eigenvalue weighted by Crippen LogP contribution is 2.22. The number of carbonyl (C=O) groups is 2. The van der Waals surface area contributed by atoms with Crippen LogP contribution in [0.1, 0.15) is 26.4 Å². The number of rotatable bonds is 4. The van der Waals surface area contributed by atoms with Gasteiger partial charge >= 0.3 is 5.97 Å². The van der Waals surface area contributed by atoms with Crippen LogP contribution >= 0.6 is 0 Å². The molecular weight excluding hydrogens is 319 g/mol. The third kappa shape index (κ3) is 3.38. The van der Waals surface area contributed by atoms with Gasteiger partial charge in [0.05, 0.1) is 24.0 Å². The van der Waals surface area contributed by atoms with Crippen LogP contribution < -0.4 is 22.3 Å². The lowest BCUT2D eigenvalue weighted by molar-refractivity contribution is 0.0601. The maximum absolute atomic E-state index is 13.7. The van der Waals surface area contributed by atoms with E-state index in [1.807, 2.05) is 0 Å². The number of esters is 1. The number of nitrogens with zero attached hydrogens (tertiary/aromatic N) is 2. The van der Waals surface area contributed by atoms with E-state index >= 15 is 0 Å². The smallest absolute Gasteiger partial charge is 0.340 e. The highest BCUT2D eigenvalue weighted by molar-refractivity contribution is 6.07. The molecule has 0 radical (unpaired) electrons. The van der Waals surface area contributed by atoms with Gasteiger partial charge in [-0.05, 0) is 30.7 Å². The number of methoxy groups -OCH3 is 1. The molecule has 0 saturated heterocycles. The molecule has 0 aliphatic carbocycles. The summed E-state index contributed by atoms with van der Waals surface area (Å²) in [5.41, 5.74) is 8.07. The number of aryl methyl sites for hydroxylation is 1. The Labute approximate surface area is 136 Å². The van der Waals surface area contributed by atoms with Crippen LogP contribution in [0.5, 0.6) is 0 Å². The Morgan fingerprint density at radius 3 is 2.54 bits per heavy atom. The van der Waals surface area contributed by atoms with E-state index in [1.165, 1.54) is 19.1 Å². The van der Waals surface area contributed by atoms with Gasteiger partial charge in [0.1, 0.15) is 5.82 Å². The average molecular weight is 334 g/mol. The molecule has 1 heterocycles. The standard InChI is InChI=1S/C14H15FN6O3/c1-6-3-10(7(4-8(6)15)14(23)24-2)18-13(22)11-5-9(16)12(19-17)21-20-11/h3-5H,17H2,1-2H3,(H2,16,20)(H,18,22)(H,19,21). The molecule has 0 aliphatic rings. The Balaban J connectivity index is 2.36. The molecule has 126 valence electrons. The lowest BCUT2D eigenvalue weighted by Gasteiger charge is -2.11. The van der Waals surface area contributed by atoms with E-state index in [9.17, 15) is 14.0 Å². The maximum Gasteiger partial charge on any atom is 0.340 e. The average Bonchev–Trinajstić information content (AvgIpc) is 2.57. The van der Waals surface area contributed by atoms with Crippen LogP contribution in [0.15, 0.2) is 18.2 Å². The number of anilines is 3. The van der Waals surface area contributed by atoms with Gasteiger partial charge in [0.15, 0.2) is 11.5 Å². The summed E-state index contributed by atoms with van der Waals surface area (Å²) >= 11 is 0. The Bertz CT molecular complexity index is 811. The number of nitrogens with two attached hydrogens (primary N) is 2. The molecule has 1 amide bonds. The molecule has 10 heteroatoms. The van der Waals surface area contributed by atoms with Gasteiger partial charge in [-0.3, -0.25) is 4.79 Å². The zero-order valence-electron chi connectivity index (χ0n) is 12.9. The predicted molar refractivity (Wildman–Crippen MR) is 84.7 cm³/mol. The largest absolute Gasteiger partial charge is 0.465 e. The van der Waals surface area contributed by atoms with Crippen LogP contribution in [0.4, 0.5) is 21.6 Å². The Morgan fingerprint density at radius 2 is 1.96 bits per heavy atom. The van der Waals surface area contributed by atoms with Crippen molar-refractivity contribution in [1.29, 1.82) is 0 Å². The maximum atomic E-state index is 13.7. The van der Waals surface area contributed by atoms with Crippen LogP contribution in [0.3, 0.4) is 0 Å². The molecule has 0 spiro atoms. The predicted octanol–water partition coefficient (Wildman–Crippen LogP) is 0.831. The number of amides is 1. The Hall–Kier alpha value is -3.27. The first-order valence-corrected chi connectivity index (χ1v) is 6.67. The minimum atomic E-state index is -0.794. The summed E-state index contributed by atoms with van der Waals surface area (Å²) in [6.45, 7) is 1.49. The summed E-state index contributed by atoms with van der Waals surface area (Å²) in [5.74, 6) is 3.21. The van der Waals surface area contributed by atoms with E-state index in [0.717, 1.165) is 13.2 Å². The van der Waals surface area contributed by atoms with Crippen molar-refractivity contribution in [3.8, 4) is 0 Å². The van der Waals surface area contributed by atoms with Crippen LogP contribution in [-0.2, 0) is 4.74 Å². The van der Waals surface area contributed by atoms with Gasteiger partial charge in [-0.2, -0.15) is 0 Å². The normalized spacial score (nSPS) is 10.2. The number of ether oxygens (including phenoxy) is 1. The van der Waals surface area contributed by atoms with Crippen molar-refractivity contribution >= 4 is 29.1 Å². The number of halogens is 1. The molecule has 1 aromatic carbocycles. The molecule has 9 nitrogen and oxygen atoms in total. The van der Waals surface area contributed by atoms with Gasteiger partial charge in [0.25, 0.3) is 5.91 Å². The zero-order valence-corrected chi connectivity index (χ0v) is 12.9. The van der Waals surface area contributed by atoms with Gasteiger partial charge in [-0.1, -0.05) is 0 Å². The number of nitrogen functional groups attached to an aromatic ring is 2. The van der Waals surface area contributed by atoms with Gasteiger partial charge in [0.2, 0.25) is 0 Å². The van der Waals surface area contributed by atoms with Crippen LogP contribution in [0.25, 0.3) is 0 Å². The topological polar surface area (TPSA) is 145 Å². The summed E-state index contributed by atoms with van der Waals surface area (Å²) < 4.78 is 18.3. The number of nitrogens with one attached hydrogen (secondary N) is 2. The van der Waals surface area contributed by atoms with E-state index in [2.05, 4.69) is 25.7 Å². The second kappa shape index (κ2) is 6.87. The minimum Gasteiger partial charge on any atom is -0.465 e. The molecule has 24 heavy (non-hydrogen) atoms. The van der Waals surface area contributed by atoms with Gasteiger partial charge in [0, 0.05) is 0 Å². The fraction of sp³-hybridized carbons (Fsp3) is 0.143. The van der Waals surface area contributed by atoms with Gasteiger partial charge < -0.3 is 21.2 Å². The molecule has 0 aliphatic heterocycles. The second-order valence-corrected chi connectivity index (χ2v) is 4.77. The lowest BCUT2D eigenvalue weighted by Crippen LogP contribution is -2.19. The summed E-state index contributed by atoms with van der Waals surface area (Å²) in [6.07, 6.45) is 0. The third-order valence-electron chi connectivity index (χ3n) is 3.15. The van der Waals surface area contributed by atoms with Crippen LogP contribution in [0.2, 0.25) is 0 Å². The number of benzene rings is 1. The second-order valence-electron chi connectivity index (χ2n) is 4.77. The Kier molecular flexibility index (Phi) is 4.90. The first-order chi connectivity index (χ1) is 11.4. The van der Waals surface area contributed by atoms with E-state index in [4.69, 9.17) is 11.6 Å². The highest BCUT2D eigenvalue weighted by Gasteiger charge is 2.19. The summed E-state index contributed by atoms with van der Waals surface area (Å²) in [7, 11) is 1.15. The third-order valence-corrected chi connectivity index (χ3v) is 3.15. The molecular formula is C14H15FN6O3. The summed E-state index contributed by atoms with van der Waals surface area (Å²) in [5, 5.41) is 9.77. The number of aromatic nitrogens is 2. The molecule has 0 saturated carbocycles. The molecule has 2 rings (SSSR count). The van der Waals surface area contributed by atoms with Gasteiger partial charge in [-0.25, -0.2) is 15.0 Å². The number of carbonyl (C=O) groups excluding carboxylic acids is 2. The fourth-order valence-electron chi connectivity index (χ4n) is 1.88. The van der Waals surface area contributed by atoms with Gasteiger partial charge in [-0.15, -0.1) is 10.2 Å².